The standard InChI is InChI=1S/C22H29FN4O.HI/c1-3-17-6-5-7-18(4-2)21(17)26-22(24)25-15-16-8-9-20(19(23)14-16)27-10-12-28-13-11-27;/h5-9,14H,3-4,10-13,15H2,1-2H3,(H3,24,25,26);1H. The predicted octanol–water partition coefficient (Wildman–Crippen LogP) is 4.33. The molecule has 0 amide bonds. The lowest BCUT2D eigenvalue weighted by molar-refractivity contribution is 0.122. The molecule has 1 aliphatic heterocycles. The first-order valence-corrected chi connectivity index (χ1v) is 9.91. The number of benzene rings is 2. The van der Waals surface area contributed by atoms with E-state index < -0.39 is 0 Å². The molecule has 1 saturated heterocycles. The molecule has 0 atom stereocenters. The average molecular weight is 512 g/mol. The minimum absolute atomic E-state index is 0. The van der Waals surface area contributed by atoms with Gasteiger partial charge in [-0.25, -0.2) is 9.38 Å². The number of nitrogens with one attached hydrogen (secondary N) is 1. The largest absolute Gasteiger partial charge is 0.378 e. The Kier molecular flexibility index (Phi) is 9.16. The van der Waals surface area contributed by atoms with E-state index >= 15 is 0 Å². The third-order valence-corrected chi connectivity index (χ3v) is 5.05. The molecule has 0 radical (unpaired) electrons. The first kappa shape index (κ1) is 23.4. The van der Waals surface area contributed by atoms with Crippen molar-refractivity contribution >= 4 is 41.3 Å². The summed E-state index contributed by atoms with van der Waals surface area (Å²) in [5.74, 6) is 0.110. The van der Waals surface area contributed by atoms with Gasteiger partial charge in [0.15, 0.2) is 5.96 Å². The number of rotatable bonds is 6. The second-order valence-electron chi connectivity index (χ2n) is 6.87. The van der Waals surface area contributed by atoms with Crippen molar-refractivity contribution in [1.29, 1.82) is 0 Å². The molecule has 2 aromatic rings. The summed E-state index contributed by atoms with van der Waals surface area (Å²) in [5, 5.41) is 3.24. The summed E-state index contributed by atoms with van der Waals surface area (Å²) in [4.78, 5) is 6.42. The topological polar surface area (TPSA) is 62.9 Å². The van der Waals surface area contributed by atoms with E-state index in [1.807, 2.05) is 17.0 Å². The van der Waals surface area contributed by atoms with Crippen molar-refractivity contribution in [1.82, 2.24) is 0 Å². The molecule has 5 nitrogen and oxygen atoms in total. The number of morpholine rings is 1. The molecule has 1 heterocycles. The summed E-state index contributed by atoms with van der Waals surface area (Å²) in [6.07, 6.45) is 1.83. The third-order valence-electron chi connectivity index (χ3n) is 5.05. The maximum atomic E-state index is 14.5. The number of aliphatic imine (C=N–C) groups is 1. The summed E-state index contributed by atoms with van der Waals surface area (Å²) >= 11 is 0. The first-order valence-electron chi connectivity index (χ1n) is 9.91. The van der Waals surface area contributed by atoms with E-state index in [4.69, 9.17) is 10.5 Å². The number of halogens is 2. The van der Waals surface area contributed by atoms with Crippen LogP contribution in [0.4, 0.5) is 15.8 Å². The highest BCUT2D eigenvalue weighted by atomic mass is 127. The monoisotopic (exact) mass is 512 g/mol. The highest BCUT2D eigenvalue weighted by molar-refractivity contribution is 14.0. The number of guanidine groups is 1. The lowest BCUT2D eigenvalue weighted by atomic mass is 10.0. The van der Waals surface area contributed by atoms with Crippen molar-refractivity contribution in [2.24, 2.45) is 10.7 Å². The molecule has 3 N–H and O–H groups in total. The molecule has 2 aromatic carbocycles. The van der Waals surface area contributed by atoms with Crippen LogP contribution >= 0.6 is 24.0 Å². The molecule has 0 saturated carbocycles. The molecule has 29 heavy (non-hydrogen) atoms. The Hall–Kier alpha value is -1.87. The van der Waals surface area contributed by atoms with Crippen LogP contribution in [0.15, 0.2) is 41.4 Å². The van der Waals surface area contributed by atoms with Crippen molar-refractivity contribution in [2.75, 3.05) is 36.5 Å². The van der Waals surface area contributed by atoms with Crippen molar-refractivity contribution in [3.63, 3.8) is 0 Å². The van der Waals surface area contributed by atoms with Gasteiger partial charge in [0.25, 0.3) is 0 Å². The summed E-state index contributed by atoms with van der Waals surface area (Å²) in [6.45, 7) is 7.25. The molecule has 3 rings (SSSR count). The fourth-order valence-electron chi connectivity index (χ4n) is 3.46. The van der Waals surface area contributed by atoms with Crippen LogP contribution in [0.1, 0.15) is 30.5 Å². The molecule has 0 aromatic heterocycles. The predicted molar refractivity (Wildman–Crippen MR) is 129 cm³/mol. The zero-order chi connectivity index (χ0) is 19.9. The molecule has 1 aliphatic rings. The lowest BCUT2D eigenvalue weighted by Crippen LogP contribution is -2.36. The molecule has 7 heteroatoms. The van der Waals surface area contributed by atoms with Gasteiger partial charge in [-0.15, -0.1) is 24.0 Å². The molecular formula is C22H30FIN4O. The SMILES string of the molecule is CCc1cccc(CC)c1NC(N)=NCc1ccc(N2CCOCC2)c(F)c1.I. The molecule has 0 aliphatic carbocycles. The molecule has 0 unspecified atom stereocenters. The van der Waals surface area contributed by atoms with Crippen LogP contribution in [0, 0.1) is 5.82 Å². The van der Waals surface area contributed by atoms with E-state index in [2.05, 4.69) is 42.4 Å². The second-order valence-corrected chi connectivity index (χ2v) is 6.87. The van der Waals surface area contributed by atoms with Crippen LogP contribution in [0.2, 0.25) is 0 Å². The number of aryl methyl sites for hydroxylation is 2. The van der Waals surface area contributed by atoms with E-state index in [0.717, 1.165) is 24.1 Å². The van der Waals surface area contributed by atoms with E-state index in [9.17, 15) is 4.39 Å². The van der Waals surface area contributed by atoms with E-state index in [1.165, 1.54) is 11.1 Å². The fourth-order valence-corrected chi connectivity index (χ4v) is 3.46. The number of anilines is 2. The maximum Gasteiger partial charge on any atom is 0.193 e. The number of hydrogen-bond donors (Lipinski definition) is 2. The highest BCUT2D eigenvalue weighted by Gasteiger charge is 2.15. The number of nitrogens with zero attached hydrogens (tertiary/aromatic N) is 2. The van der Waals surface area contributed by atoms with Gasteiger partial charge >= 0.3 is 0 Å². The second kappa shape index (κ2) is 11.3. The van der Waals surface area contributed by atoms with Gasteiger partial charge in [-0.1, -0.05) is 38.1 Å². The van der Waals surface area contributed by atoms with Crippen LogP contribution < -0.4 is 16.0 Å². The maximum absolute atomic E-state index is 14.5. The average Bonchev–Trinajstić information content (AvgIpc) is 2.73. The number of hydrogen-bond acceptors (Lipinski definition) is 3. The number of nitrogens with two attached hydrogens (primary N) is 1. The van der Waals surface area contributed by atoms with Crippen molar-refractivity contribution < 1.29 is 9.13 Å². The van der Waals surface area contributed by atoms with Gasteiger partial charge in [0.2, 0.25) is 0 Å². The zero-order valence-corrected chi connectivity index (χ0v) is 19.4. The molecule has 158 valence electrons. The summed E-state index contributed by atoms with van der Waals surface area (Å²) in [7, 11) is 0. The molecule has 1 fully saturated rings. The van der Waals surface area contributed by atoms with Gasteiger partial charge in [-0.05, 0) is 41.7 Å². The summed E-state index contributed by atoms with van der Waals surface area (Å²) in [6, 6.07) is 11.5. The molecule has 0 bridgehead atoms. The smallest absolute Gasteiger partial charge is 0.193 e. The van der Waals surface area contributed by atoms with Crippen LogP contribution in [-0.2, 0) is 24.1 Å². The van der Waals surface area contributed by atoms with Gasteiger partial charge in [-0.2, -0.15) is 0 Å². The van der Waals surface area contributed by atoms with Crippen LogP contribution in [-0.4, -0.2) is 32.3 Å². The quantitative estimate of drug-likeness (QED) is 0.344. The summed E-state index contributed by atoms with van der Waals surface area (Å²) < 4.78 is 19.9. The normalized spacial score (nSPS) is 14.4. The van der Waals surface area contributed by atoms with Gasteiger partial charge in [0.1, 0.15) is 5.82 Å². The van der Waals surface area contributed by atoms with Crippen molar-refractivity contribution in [3.05, 3.63) is 58.9 Å². The molecule has 0 spiro atoms. The Balaban J connectivity index is 0.00000300. The minimum Gasteiger partial charge on any atom is -0.378 e. The Morgan fingerprint density at radius 1 is 1.14 bits per heavy atom. The van der Waals surface area contributed by atoms with Crippen molar-refractivity contribution in [2.45, 2.75) is 33.2 Å². The Bertz CT molecular complexity index is 815. The van der Waals surface area contributed by atoms with E-state index in [-0.39, 0.29) is 29.8 Å². The number of ether oxygens (including phenoxy) is 1. The third kappa shape index (κ3) is 6.05. The first-order chi connectivity index (χ1) is 13.6. The van der Waals surface area contributed by atoms with E-state index in [0.29, 0.717) is 44.5 Å². The number of para-hydroxylation sites is 1. The van der Waals surface area contributed by atoms with Gasteiger partial charge < -0.3 is 20.7 Å². The fraction of sp³-hybridized carbons (Fsp3) is 0.409. The Morgan fingerprint density at radius 2 is 1.79 bits per heavy atom. The van der Waals surface area contributed by atoms with Gasteiger partial charge in [0.05, 0.1) is 25.4 Å². The Labute approximate surface area is 189 Å². The highest BCUT2D eigenvalue weighted by Crippen LogP contribution is 2.23. The molecular weight excluding hydrogens is 482 g/mol. The van der Waals surface area contributed by atoms with Gasteiger partial charge in [-0.3, -0.25) is 0 Å². The Morgan fingerprint density at radius 3 is 2.38 bits per heavy atom. The summed E-state index contributed by atoms with van der Waals surface area (Å²) in [5.41, 5.74) is 11.0. The lowest BCUT2D eigenvalue weighted by Gasteiger charge is -2.29. The van der Waals surface area contributed by atoms with Crippen molar-refractivity contribution in [3.8, 4) is 0 Å². The van der Waals surface area contributed by atoms with Crippen LogP contribution in [0.5, 0.6) is 0 Å². The van der Waals surface area contributed by atoms with Crippen LogP contribution in [0.25, 0.3) is 0 Å². The van der Waals surface area contributed by atoms with E-state index in [1.54, 1.807) is 6.07 Å². The zero-order valence-electron chi connectivity index (χ0n) is 17.1. The van der Waals surface area contributed by atoms with Gasteiger partial charge in [0, 0.05) is 18.8 Å². The minimum atomic E-state index is -0.231. The van der Waals surface area contributed by atoms with Crippen LogP contribution in [0.3, 0.4) is 0 Å².